The van der Waals surface area contributed by atoms with E-state index in [0.29, 0.717) is 5.69 Å². The third kappa shape index (κ3) is 2.10. The summed E-state index contributed by atoms with van der Waals surface area (Å²) in [5.74, 6) is -1.14. The lowest BCUT2D eigenvalue weighted by atomic mass is 10.1. The number of amides is 1. The van der Waals surface area contributed by atoms with Crippen molar-refractivity contribution in [2.75, 3.05) is 0 Å². The van der Waals surface area contributed by atoms with Crippen LogP contribution in [0.25, 0.3) is 5.69 Å². The molecule has 0 unspecified atom stereocenters. The van der Waals surface area contributed by atoms with Gasteiger partial charge in [-0.25, -0.2) is 9.07 Å². The molecule has 6 heteroatoms. The lowest BCUT2D eigenvalue weighted by Gasteiger charge is -2.12. The standard InChI is InChI=1S/C12H12FN3O2/c1-7(17)11-9(13)3-2-4-10(11)16-6-8(5-15-16)12(14)18/h2-7,17H,1H3,(H2,14,18)/t7-/m1/s1. The zero-order chi connectivity index (χ0) is 13.3. The van der Waals surface area contributed by atoms with Crippen LogP contribution in [0.2, 0.25) is 0 Å². The first kappa shape index (κ1) is 12.3. The van der Waals surface area contributed by atoms with E-state index in [9.17, 15) is 14.3 Å². The van der Waals surface area contributed by atoms with Crippen LogP contribution in [0.4, 0.5) is 4.39 Å². The Morgan fingerprint density at radius 3 is 2.83 bits per heavy atom. The van der Waals surface area contributed by atoms with Crippen LogP contribution in [0.15, 0.2) is 30.6 Å². The Balaban J connectivity index is 2.56. The van der Waals surface area contributed by atoms with Gasteiger partial charge in [-0.15, -0.1) is 0 Å². The number of hydrogen-bond acceptors (Lipinski definition) is 3. The molecular weight excluding hydrogens is 237 g/mol. The van der Waals surface area contributed by atoms with E-state index in [-0.39, 0.29) is 11.1 Å². The molecule has 0 spiro atoms. The van der Waals surface area contributed by atoms with Crippen molar-refractivity contribution in [1.29, 1.82) is 0 Å². The Hall–Kier alpha value is -2.21. The number of aromatic nitrogens is 2. The van der Waals surface area contributed by atoms with Crippen LogP contribution in [-0.4, -0.2) is 20.8 Å². The molecule has 1 amide bonds. The zero-order valence-corrected chi connectivity index (χ0v) is 9.67. The van der Waals surface area contributed by atoms with Crippen molar-refractivity contribution in [3.63, 3.8) is 0 Å². The van der Waals surface area contributed by atoms with Crippen LogP contribution >= 0.6 is 0 Å². The normalized spacial score (nSPS) is 12.4. The van der Waals surface area contributed by atoms with E-state index in [4.69, 9.17) is 5.73 Å². The maximum absolute atomic E-state index is 13.7. The van der Waals surface area contributed by atoms with Crippen LogP contribution in [-0.2, 0) is 0 Å². The maximum Gasteiger partial charge on any atom is 0.251 e. The number of aliphatic hydroxyl groups is 1. The molecule has 1 aromatic carbocycles. The van der Waals surface area contributed by atoms with Crippen LogP contribution < -0.4 is 5.73 Å². The highest BCUT2D eigenvalue weighted by atomic mass is 19.1. The second kappa shape index (κ2) is 4.58. The van der Waals surface area contributed by atoms with E-state index in [2.05, 4.69) is 5.10 Å². The molecular formula is C12H12FN3O2. The number of hydrogen-bond donors (Lipinski definition) is 2. The minimum atomic E-state index is -0.984. The Kier molecular flexibility index (Phi) is 3.12. The Bertz CT molecular complexity index is 593. The molecule has 0 saturated heterocycles. The third-order valence-electron chi connectivity index (χ3n) is 2.56. The molecule has 2 aromatic rings. The van der Waals surface area contributed by atoms with Crippen molar-refractivity contribution in [2.24, 2.45) is 5.73 Å². The fourth-order valence-electron chi connectivity index (χ4n) is 1.72. The summed E-state index contributed by atoms with van der Waals surface area (Å²) in [4.78, 5) is 11.0. The van der Waals surface area contributed by atoms with E-state index < -0.39 is 17.8 Å². The number of nitrogens with two attached hydrogens (primary N) is 1. The first-order valence-electron chi connectivity index (χ1n) is 5.32. The smallest absolute Gasteiger partial charge is 0.251 e. The average Bonchev–Trinajstić information content (AvgIpc) is 2.77. The molecule has 2 rings (SSSR count). The van der Waals surface area contributed by atoms with E-state index in [1.807, 2.05) is 0 Å². The molecule has 0 aliphatic rings. The van der Waals surface area contributed by atoms with E-state index in [1.54, 1.807) is 6.07 Å². The molecule has 0 aliphatic heterocycles. The minimum Gasteiger partial charge on any atom is -0.389 e. The summed E-state index contributed by atoms with van der Waals surface area (Å²) >= 11 is 0. The predicted octanol–water partition coefficient (Wildman–Crippen LogP) is 1.16. The quantitative estimate of drug-likeness (QED) is 0.856. The largest absolute Gasteiger partial charge is 0.389 e. The minimum absolute atomic E-state index is 0.122. The fraction of sp³-hybridized carbons (Fsp3) is 0.167. The Labute approximate surface area is 103 Å². The molecule has 3 N–H and O–H groups in total. The highest BCUT2D eigenvalue weighted by molar-refractivity contribution is 5.92. The molecule has 0 radical (unpaired) electrons. The number of aliphatic hydroxyl groups excluding tert-OH is 1. The van der Waals surface area contributed by atoms with Crippen molar-refractivity contribution < 1.29 is 14.3 Å². The molecule has 0 fully saturated rings. The topological polar surface area (TPSA) is 81.1 Å². The molecule has 1 atom stereocenters. The van der Waals surface area contributed by atoms with Gasteiger partial charge < -0.3 is 10.8 Å². The van der Waals surface area contributed by atoms with Crippen LogP contribution in [0.1, 0.15) is 28.9 Å². The highest BCUT2D eigenvalue weighted by Gasteiger charge is 2.16. The second-order valence-electron chi connectivity index (χ2n) is 3.89. The summed E-state index contributed by atoms with van der Waals surface area (Å²) in [7, 11) is 0. The van der Waals surface area contributed by atoms with Gasteiger partial charge in [0.2, 0.25) is 0 Å². The second-order valence-corrected chi connectivity index (χ2v) is 3.89. The number of carbonyl (C=O) groups excluding carboxylic acids is 1. The first-order chi connectivity index (χ1) is 8.50. The summed E-state index contributed by atoms with van der Waals surface area (Å²) in [6.07, 6.45) is 1.70. The molecule has 1 heterocycles. The molecule has 0 bridgehead atoms. The SMILES string of the molecule is C[C@@H](O)c1c(F)cccc1-n1cc(C(N)=O)cn1. The van der Waals surface area contributed by atoms with E-state index in [1.165, 1.54) is 36.1 Å². The molecule has 1 aromatic heterocycles. The number of benzene rings is 1. The summed E-state index contributed by atoms with van der Waals surface area (Å²) < 4.78 is 15.0. The van der Waals surface area contributed by atoms with Crippen molar-refractivity contribution in [2.45, 2.75) is 13.0 Å². The van der Waals surface area contributed by atoms with Gasteiger partial charge >= 0.3 is 0 Å². The van der Waals surface area contributed by atoms with E-state index in [0.717, 1.165) is 0 Å². The first-order valence-corrected chi connectivity index (χ1v) is 5.32. The van der Waals surface area contributed by atoms with Crippen molar-refractivity contribution in [3.8, 4) is 5.69 Å². The number of carbonyl (C=O) groups is 1. The number of rotatable bonds is 3. The highest BCUT2D eigenvalue weighted by Crippen LogP contribution is 2.24. The monoisotopic (exact) mass is 249 g/mol. The summed E-state index contributed by atoms with van der Waals surface area (Å²) in [5, 5.41) is 13.5. The van der Waals surface area contributed by atoms with Crippen molar-refractivity contribution in [1.82, 2.24) is 9.78 Å². The van der Waals surface area contributed by atoms with Gasteiger partial charge in [0, 0.05) is 11.8 Å². The summed E-state index contributed by atoms with van der Waals surface area (Å²) in [6.45, 7) is 1.46. The van der Waals surface area contributed by atoms with Gasteiger partial charge in [0.15, 0.2) is 0 Å². The molecule has 18 heavy (non-hydrogen) atoms. The lowest BCUT2D eigenvalue weighted by Crippen LogP contribution is -2.10. The molecule has 94 valence electrons. The molecule has 0 aliphatic carbocycles. The third-order valence-corrected chi connectivity index (χ3v) is 2.56. The van der Waals surface area contributed by atoms with Gasteiger partial charge in [-0.05, 0) is 19.1 Å². The van der Waals surface area contributed by atoms with Gasteiger partial charge in [-0.2, -0.15) is 5.10 Å². The summed E-state index contributed by atoms with van der Waals surface area (Å²) in [5.41, 5.74) is 5.83. The fourth-order valence-corrected chi connectivity index (χ4v) is 1.72. The zero-order valence-electron chi connectivity index (χ0n) is 9.67. The Morgan fingerprint density at radius 2 is 2.28 bits per heavy atom. The van der Waals surface area contributed by atoms with Crippen molar-refractivity contribution in [3.05, 3.63) is 47.5 Å². The maximum atomic E-state index is 13.7. The van der Waals surface area contributed by atoms with Gasteiger partial charge in [0.1, 0.15) is 5.82 Å². The Morgan fingerprint density at radius 1 is 1.56 bits per heavy atom. The average molecular weight is 249 g/mol. The molecule has 0 saturated carbocycles. The van der Waals surface area contributed by atoms with E-state index >= 15 is 0 Å². The van der Waals surface area contributed by atoms with Crippen LogP contribution in [0.5, 0.6) is 0 Å². The van der Waals surface area contributed by atoms with Crippen LogP contribution in [0, 0.1) is 5.82 Å². The number of primary amides is 1. The van der Waals surface area contributed by atoms with Gasteiger partial charge in [-0.3, -0.25) is 4.79 Å². The van der Waals surface area contributed by atoms with Gasteiger partial charge in [-0.1, -0.05) is 6.07 Å². The van der Waals surface area contributed by atoms with Gasteiger partial charge in [0.05, 0.1) is 23.6 Å². The lowest BCUT2D eigenvalue weighted by molar-refractivity contribution is 0.100. The summed E-state index contributed by atoms with van der Waals surface area (Å²) in [6, 6.07) is 4.36. The van der Waals surface area contributed by atoms with Gasteiger partial charge in [0.25, 0.3) is 5.91 Å². The van der Waals surface area contributed by atoms with Crippen LogP contribution in [0.3, 0.4) is 0 Å². The predicted molar refractivity (Wildman–Crippen MR) is 62.7 cm³/mol. The van der Waals surface area contributed by atoms with Crippen molar-refractivity contribution >= 4 is 5.91 Å². The number of halogens is 1. The number of nitrogens with zero attached hydrogens (tertiary/aromatic N) is 2. The molecule has 5 nitrogen and oxygen atoms in total.